The Morgan fingerprint density at radius 2 is 1.68 bits per heavy atom. The number of benzene rings is 2. The van der Waals surface area contributed by atoms with Gasteiger partial charge in [-0.05, 0) is 113 Å². The van der Waals surface area contributed by atoms with Gasteiger partial charge in [0.25, 0.3) is 0 Å². The van der Waals surface area contributed by atoms with Crippen LogP contribution in [-0.2, 0) is 26.9 Å². The van der Waals surface area contributed by atoms with Crippen molar-refractivity contribution in [3.8, 4) is 30.4 Å². The number of aryl methyl sites for hydroxylation is 2. The number of aromatic carboxylic acids is 1. The molecule has 1 saturated heterocycles. The molecule has 3 unspecified atom stereocenters. The van der Waals surface area contributed by atoms with Crippen LogP contribution in [0.4, 0.5) is 0 Å². The molecule has 2 aliphatic heterocycles. The topological polar surface area (TPSA) is 135 Å². The molecule has 4 fully saturated rings. The van der Waals surface area contributed by atoms with Gasteiger partial charge in [0.2, 0.25) is 0 Å². The van der Waals surface area contributed by atoms with Crippen molar-refractivity contribution >= 4 is 25.8 Å². The molecule has 4 atom stereocenters. The number of terminal acetylenes is 2. The molecule has 2 bridgehead atoms. The molecule has 0 amide bonds. The molecule has 3 saturated carbocycles. The van der Waals surface area contributed by atoms with Gasteiger partial charge < -0.3 is 38.6 Å². The van der Waals surface area contributed by atoms with Crippen molar-refractivity contribution in [1.29, 1.82) is 0 Å². The van der Waals surface area contributed by atoms with E-state index in [1.807, 2.05) is 39.8 Å². The van der Waals surface area contributed by atoms with Crippen molar-refractivity contribution in [3.63, 3.8) is 0 Å². The third-order valence-electron chi connectivity index (χ3n) is 10.7. The normalized spacial score (nSPS) is 24.8. The second-order valence-electron chi connectivity index (χ2n) is 15.3. The largest absolute Gasteiger partial charge is 1.00 e. The average Bonchev–Trinajstić information content (AvgIpc) is 3.34. The SMILES string of the molecule is C#Cc1ccc(CCB2OC3CC4CC(C4(C)C)[C@]3(C)O2)c(C)c1C(=O)OC(C)(C)C.C#Cc1ccc2c(c1C(=O)[O-])O[B-](O)(O)CC2.[Na+].[Na+]. The Labute approximate surface area is 340 Å². The van der Waals surface area contributed by atoms with E-state index in [-0.39, 0.29) is 107 Å². The van der Waals surface area contributed by atoms with Crippen LogP contribution in [-0.4, -0.2) is 53.2 Å². The maximum atomic E-state index is 12.8. The first-order chi connectivity index (χ1) is 22.3. The fourth-order valence-corrected chi connectivity index (χ4v) is 7.96. The maximum Gasteiger partial charge on any atom is 1.00 e. The number of carboxylic acid groups (broad SMARTS) is 1. The Morgan fingerprint density at radius 1 is 1.06 bits per heavy atom. The van der Waals surface area contributed by atoms with Gasteiger partial charge in [-0.25, -0.2) is 4.79 Å². The summed E-state index contributed by atoms with van der Waals surface area (Å²) >= 11 is 0. The first kappa shape index (κ1) is 42.7. The molecule has 3 aliphatic carbocycles. The Kier molecular flexibility index (Phi) is 13.4. The van der Waals surface area contributed by atoms with Gasteiger partial charge in [-0.1, -0.05) is 44.1 Å². The molecule has 2 aromatic carbocycles. The predicted molar refractivity (Wildman–Crippen MR) is 181 cm³/mol. The fourth-order valence-electron chi connectivity index (χ4n) is 7.96. The van der Waals surface area contributed by atoms with E-state index in [1.165, 1.54) is 12.5 Å². The second-order valence-corrected chi connectivity index (χ2v) is 15.3. The molecule has 254 valence electrons. The number of esters is 1. The van der Waals surface area contributed by atoms with Gasteiger partial charge in [0.1, 0.15) is 5.60 Å². The monoisotopic (exact) mass is 700 g/mol. The molecule has 0 radical (unpaired) electrons. The minimum atomic E-state index is -3.02. The van der Waals surface area contributed by atoms with E-state index >= 15 is 0 Å². The summed E-state index contributed by atoms with van der Waals surface area (Å²) < 4.78 is 23.4. The number of ether oxygens (including phenoxy) is 1. The smallest absolute Gasteiger partial charge is 0.669 e. The summed E-state index contributed by atoms with van der Waals surface area (Å²) in [5.41, 5.74) is 2.97. The van der Waals surface area contributed by atoms with Crippen LogP contribution in [0.25, 0.3) is 0 Å². The summed E-state index contributed by atoms with van der Waals surface area (Å²) in [4.78, 5) is 23.8. The molecule has 5 aliphatic rings. The second kappa shape index (κ2) is 15.7. The molecule has 50 heavy (non-hydrogen) atoms. The van der Waals surface area contributed by atoms with E-state index in [2.05, 4.69) is 32.6 Å². The number of hydrogen-bond acceptors (Lipinski definition) is 9. The number of rotatable bonds is 5. The average molecular weight is 700 g/mol. The molecule has 9 nitrogen and oxygen atoms in total. The van der Waals surface area contributed by atoms with E-state index in [4.69, 9.17) is 31.5 Å². The molecule has 7 rings (SSSR count). The fraction of sp³-hybridized carbons (Fsp3) is 0.514. The maximum absolute atomic E-state index is 12.8. The van der Waals surface area contributed by atoms with Crippen molar-refractivity contribution < 1.29 is 103 Å². The zero-order valence-electron chi connectivity index (χ0n) is 30.8. The van der Waals surface area contributed by atoms with E-state index in [0.717, 1.165) is 36.2 Å². The van der Waals surface area contributed by atoms with Gasteiger partial charge in [0.05, 0.1) is 34.6 Å². The third kappa shape index (κ3) is 8.40. The van der Waals surface area contributed by atoms with Crippen LogP contribution in [0.3, 0.4) is 0 Å². The Morgan fingerprint density at radius 3 is 2.26 bits per heavy atom. The molecule has 13 heteroatoms. The molecular weight excluding hydrogens is 656 g/mol. The van der Waals surface area contributed by atoms with E-state index in [0.29, 0.717) is 34.4 Å². The quantitative estimate of drug-likeness (QED) is 0.209. The molecule has 2 heterocycles. The van der Waals surface area contributed by atoms with Crippen molar-refractivity contribution in [2.24, 2.45) is 17.3 Å². The summed E-state index contributed by atoms with van der Waals surface area (Å²) in [6.07, 6.45) is 15.2. The Hall–Kier alpha value is -1.73. The van der Waals surface area contributed by atoms with Crippen LogP contribution in [0.1, 0.15) is 103 Å². The summed E-state index contributed by atoms with van der Waals surface area (Å²) in [6.45, 7) is 11.5. The van der Waals surface area contributed by atoms with Crippen LogP contribution < -0.4 is 68.9 Å². The standard InChI is InChI=1S/C26H35BO4.C11H10BO5.2Na/c1-9-17-10-11-18(16(2)22(17)23(28)29-24(3,4)5)12-13-27-30-21-15-19-14-20(25(19,6)7)26(21,8)31-27;1-2-7-3-4-8-5-6-12(15,16)17-10(8)9(7)11(13)14;;/h1,10-11,19-21H,12-15H2,2-8H3;1,3-4,15-16H,5-6H2,(H,13,14);;/q;-1;2*+1/p-1/t19?,20?,21?,26-;;;/m0.../s1. The van der Waals surface area contributed by atoms with Crippen molar-refractivity contribution in [3.05, 3.63) is 63.2 Å². The van der Waals surface area contributed by atoms with Gasteiger partial charge in [-0.2, -0.15) is 0 Å². The van der Waals surface area contributed by atoms with E-state index < -0.39 is 18.3 Å². The number of fused-ring (bicyclic) bond motifs is 1. The number of carbonyl (C=O) groups is 2. The van der Waals surface area contributed by atoms with Gasteiger partial charge in [-0.3, -0.25) is 0 Å². The van der Waals surface area contributed by atoms with E-state index in [9.17, 15) is 24.7 Å². The molecule has 0 spiro atoms. The molecule has 2 aromatic rings. The number of carbonyl (C=O) groups excluding carboxylic acids is 2. The summed E-state index contributed by atoms with van der Waals surface area (Å²) in [6, 6.07) is 6.95. The predicted octanol–water partition coefficient (Wildman–Crippen LogP) is -1.90. The third-order valence-corrected chi connectivity index (χ3v) is 10.7. The number of carboxylic acids is 1. The molecular formula is C37H44B2Na2O9. The number of hydrogen-bond donors (Lipinski definition) is 2. The van der Waals surface area contributed by atoms with Crippen molar-refractivity contribution in [1.82, 2.24) is 0 Å². The zero-order valence-corrected chi connectivity index (χ0v) is 34.8. The Bertz CT molecular complexity index is 1720. The van der Waals surface area contributed by atoms with Crippen LogP contribution in [0.5, 0.6) is 5.75 Å². The summed E-state index contributed by atoms with van der Waals surface area (Å²) in [5.74, 6) is 4.17. The van der Waals surface area contributed by atoms with Gasteiger partial charge in [0, 0.05) is 11.1 Å². The minimum Gasteiger partial charge on any atom is -0.669 e. The Balaban J connectivity index is 0.000000304. The van der Waals surface area contributed by atoms with Crippen LogP contribution in [0, 0.1) is 48.9 Å². The van der Waals surface area contributed by atoms with Crippen LogP contribution >= 0.6 is 0 Å². The van der Waals surface area contributed by atoms with Crippen molar-refractivity contribution in [2.45, 2.75) is 104 Å². The summed E-state index contributed by atoms with van der Waals surface area (Å²) in [5, 5.41) is 29.9. The summed E-state index contributed by atoms with van der Waals surface area (Å²) in [7, 11) is -0.207. The zero-order chi connectivity index (χ0) is 35.4. The van der Waals surface area contributed by atoms with Crippen molar-refractivity contribution in [2.75, 3.05) is 0 Å². The van der Waals surface area contributed by atoms with Crippen LogP contribution in [0.2, 0.25) is 12.6 Å². The molecule has 0 aromatic heterocycles. The first-order valence-electron chi connectivity index (χ1n) is 16.6. The van der Waals surface area contributed by atoms with Crippen LogP contribution in [0.15, 0.2) is 24.3 Å². The van der Waals surface area contributed by atoms with Gasteiger partial charge in [0.15, 0.2) is 0 Å². The minimum absolute atomic E-state index is 0. The van der Waals surface area contributed by atoms with E-state index in [1.54, 1.807) is 6.07 Å². The van der Waals surface area contributed by atoms with Gasteiger partial charge >= 0.3 is 79.0 Å². The van der Waals surface area contributed by atoms with Gasteiger partial charge in [-0.15, -0.1) is 12.8 Å². The first-order valence-corrected chi connectivity index (χ1v) is 16.6. The molecule has 2 N–H and O–H groups in total.